The van der Waals surface area contributed by atoms with E-state index in [9.17, 15) is 9.90 Å². The van der Waals surface area contributed by atoms with Crippen LogP contribution in [-0.4, -0.2) is 24.1 Å². The number of rotatable bonds is 5. The highest BCUT2D eigenvalue weighted by Crippen LogP contribution is 2.16. The molecule has 0 aliphatic heterocycles. The molecule has 0 aromatic heterocycles. The monoisotopic (exact) mass is 234 g/mol. The molecular weight excluding hydrogens is 220 g/mol. The topological polar surface area (TPSA) is 98.1 Å². The molecule has 6 heteroatoms. The average Bonchev–Trinajstić information content (AvgIpc) is 2.32. The third kappa shape index (κ3) is 4.04. The molecule has 1 rings (SSSR count). The summed E-state index contributed by atoms with van der Waals surface area (Å²) >= 11 is 0. The summed E-state index contributed by atoms with van der Waals surface area (Å²) in [6.07, 6.45) is 0.604. The lowest BCUT2D eigenvalue weighted by atomic mass is 10.1. The second kappa shape index (κ2) is 6.40. The fourth-order valence-electron chi connectivity index (χ4n) is 1.30. The molecule has 0 unspecified atom stereocenters. The van der Waals surface area contributed by atoms with E-state index in [4.69, 9.17) is 5.53 Å². The second-order valence-electron chi connectivity index (χ2n) is 3.57. The molecule has 0 aliphatic rings. The molecule has 0 heterocycles. The Bertz CT molecular complexity index is 453. The molecule has 0 aliphatic carbocycles. The van der Waals surface area contributed by atoms with Crippen molar-refractivity contribution in [1.82, 2.24) is 5.32 Å². The summed E-state index contributed by atoms with van der Waals surface area (Å²) in [4.78, 5) is 14.3. The van der Waals surface area contributed by atoms with E-state index in [1.807, 2.05) is 0 Å². The van der Waals surface area contributed by atoms with Gasteiger partial charge in [0.05, 0.1) is 0 Å². The molecule has 0 saturated heterocycles. The first-order chi connectivity index (χ1) is 8.15. The van der Waals surface area contributed by atoms with Gasteiger partial charge >= 0.3 is 0 Å². The van der Waals surface area contributed by atoms with Gasteiger partial charge in [-0.3, -0.25) is 4.79 Å². The molecule has 0 spiro atoms. The Morgan fingerprint density at radius 2 is 2.35 bits per heavy atom. The van der Waals surface area contributed by atoms with Crippen LogP contribution in [0.15, 0.2) is 23.3 Å². The lowest BCUT2D eigenvalue weighted by molar-refractivity contribution is 0.0953. The number of nitrogens with zero attached hydrogens (tertiary/aromatic N) is 3. The minimum absolute atomic E-state index is 0.171. The number of carbonyl (C=O) groups is 1. The van der Waals surface area contributed by atoms with Crippen LogP contribution in [-0.2, 0) is 0 Å². The van der Waals surface area contributed by atoms with Crippen LogP contribution in [0, 0.1) is 6.92 Å². The van der Waals surface area contributed by atoms with E-state index in [1.54, 1.807) is 19.1 Å². The van der Waals surface area contributed by atoms with Gasteiger partial charge < -0.3 is 10.4 Å². The molecule has 0 radical (unpaired) electrons. The third-order valence-electron chi connectivity index (χ3n) is 2.24. The van der Waals surface area contributed by atoms with Crippen molar-refractivity contribution in [3.05, 3.63) is 39.8 Å². The van der Waals surface area contributed by atoms with Crippen LogP contribution in [0.4, 0.5) is 0 Å². The van der Waals surface area contributed by atoms with Crippen LogP contribution in [0.2, 0.25) is 0 Å². The zero-order valence-corrected chi connectivity index (χ0v) is 9.55. The maximum Gasteiger partial charge on any atom is 0.251 e. The van der Waals surface area contributed by atoms with Gasteiger partial charge in [-0.15, -0.1) is 0 Å². The van der Waals surface area contributed by atoms with Crippen molar-refractivity contribution in [1.29, 1.82) is 0 Å². The molecule has 90 valence electrons. The van der Waals surface area contributed by atoms with Crippen LogP contribution in [0.25, 0.3) is 10.4 Å². The molecule has 17 heavy (non-hydrogen) atoms. The van der Waals surface area contributed by atoms with E-state index in [1.165, 1.54) is 6.07 Å². The first-order valence-corrected chi connectivity index (χ1v) is 5.24. The van der Waals surface area contributed by atoms with Crippen LogP contribution in [0.5, 0.6) is 5.75 Å². The van der Waals surface area contributed by atoms with Gasteiger partial charge in [0, 0.05) is 23.6 Å². The fraction of sp³-hybridized carbons (Fsp3) is 0.364. The van der Waals surface area contributed by atoms with Gasteiger partial charge in [0.25, 0.3) is 5.91 Å². The number of hydrogen-bond donors (Lipinski definition) is 2. The Morgan fingerprint density at radius 1 is 1.59 bits per heavy atom. The number of aryl methyl sites for hydroxylation is 1. The van der Waals surface area contributed by atoms with Crippen molar-refractivity contribution in [3.8, 4) is 5.75 Å². The molecule has 0 saturated carbocycles. The number of benzene rings is 1. The van der Waals surface area contributed by atoms with E-state index in [0.29, 0.717) is 30.6 Å². The zero-order valence-electron chi connectivity index (χ0n) is 9.55. The summed E-state index contributed by atoms with van der Waals surface area (Å²) in [5.74, 6) is -0.0288. The Hall–Kier alpha value is -2.20. The van der Waals surface area contributed by atoms with Crippen molar-refractivity contribution in [3.63, 3.8) is 0 Å². The molecule has 1 aromatic carbocycles. The predicted octanol–water partition coefficient (Wildman–Crippen LogP) is 2.13. The lowest BCUT2D eigenvalue weighted by Gasteiger charge is -2.05. The molecule has 1 aromatic rings. The van der Waals surface area contributed by atoms with Gasteiger partial charge in [-0.1, -0.05) is 5.11 Å². The summed E-state index contributed by atoms with van der Waals surface area (Å²) in [5.41, 5.74) is 9.22. The Labute approximate surface area is 98.9 Å². The molecular formula is C11H14N4O2. The number of hydrogen-bond acceptors (Lipinski definition) is 3. The molecule has 1 amide bonds. The molecule has 2 N–H and O–H groups in total. The van der Waals surface area contributed by atoms with Crippen molar-refractivity contribution >= 4 is 5.91 Å². The standard InChI is InChI=1S/C11H14N4O2/c1-8-7-9(3-4-10(8)16)11(17)13-5-2-6-14-15-12/h3-4,7,16H,2,5-6H2,1H3,(H,13,17). The number of azide groups is 1. The van der Waals surface area contributed by atoms with Gasteiger partial charge in [0.2, 0.25) is 0 Å². The van der Waals surface area contributed by atoms with Gasteiger partial charge in [-0.2, -0.15) is 0 Å². The fourth-order valence-corrected chi connectivity index (χ4v) is 1.30. The van der Waals surface area contributed by atoms with Crippen LogP contribution >= 0.6 is 0 Å². The summed E-state index contributed by atoms with van der Waals surface area (Å²) in [6, 6.07) is 4.67. The van der Waals surface area contributed by atoms with E-state index in [-0.39, 0.29) is 11.7 Å². The predicted molar refractivity (Wildman–Crippen MR) is 63.8 cm³/mol. The molecule has 0 atom stereocenters. The van der Waals surface area contributed by atoms with Gasteiger partial charge in [0.1, 0.15) is 5.75 Å². The van der Waals surface area contributed by atoms with Crippen molar-refractivity contribution < 1.29 is 9.90 Å². The highest BCUT2D eigenvalue weighted by atomic mass is 16.3. The molecule has 0 bridgehead atoms. The van der Waals surface area contributed by atoms with Crippen molar-refractivity contribution in [2.75, 3.05) is 13.1 Å². The highest BCUT2D eigenvalue weighted by Gasteiger charge is 2.06. The minimum atomic E-state index is -0.200. The number of aromatic hydroxyl groups is 1. The maximum absolute atomic E-state index is 11.6. The molecule has 6 nitrogen and oxygen atoms in total. The number of amides is 1. The van der Waals surface area contributed by atoms with Crippen LogP contribution in [0.3, 0.4) is 0 Å². The highest BCUT2D eigenvalue weighted by molar-refractivity contribution is 5.94. The van der Waals surface area contributed by atoms with Gasteiger partial charge in [-0.25, -0.2) is 0 Å². The number of phenolic OH excluding ortho intramolecular Hbond substituents is 1. The quantitative estimate of drug-likeness (QED) is 0.353. The van der Waals surface area contributed by atoms with Crippen molar-refractivity contribution in [2.45, 2.75) is 13.3 Å². The maximum atomic E-state index is 11.6. The van der Waals surface area contributed by atoms with Gasteiger partial charge in [0.15, 0.2) is 0 Å². The SMILES string of the molecule is Cc1cc(C(=O)NCCCN=[N+]=[N-])ccc1O. The Kier molecular flexibility index (Phi) is 4.84. The number of phenols is 1. The van der Waals surface area contributed by atoms with E-state index >= 15 is 0 Å². The lowest BCUT2D eigenvalue weighted by Crippen LogP contribution is -2.24. The second-order valence-corrected chi connectivity index (χ2v) is 3.57. The van der Waals surface area contributed by atoms with Crippen LogP contribution < -0.4 is 5.32 Å². The largest absolute Gasteiger partial charge is 0.508 e. The van der Waals surface area contributed by atoms with E-state index in [2.05, 4.69) is 15.3 Å². The zero-order chi connectivity index (χ0) is 12.7. The molecule has 0 fully saturated rings. The van der Waals surface area contributed by atoms with Gasteiger partial charge in [-0.05, 0) is 42.6 Å². The van der Waals surface area contributed by atoms with E-state index in [0.717, 1.165) is 0 Å². The summed E-state index contributed by atoms with van der Waals surface area (Å²) in [6.45, 7) is 2.55. The number of nitrogens with one attached hydrogen (secondary N) is 1. The Balaban J connectivity index is 2.46. The van der Waals surface area contributed by atoms with Crippen LogP contribution in [0.1, 0.15) is 22.3 Å². The first kappa shape index (κ1) is 12.9. The van der Waals surface area contributed by atoms with E-state index < -0.39 is 0 Å². The normalized spacial score (nSPS) is 9.47. The third-order valence-corrected chi connectivity index (χ3v) is 2.24. The summed E-state index contributed by atoms with van der Waals surface area (Å²) in [5, 5.41) is 15.4. The summed E-state index contributed by atoms with van der Waals surface area (Å²) in [7, 11) is 0. The Morgan fingerprint density at radius 3 is 3.00 bits per heavy atom. The summed E-state index contributed by atoms with van der Waals surface area (Å²) < 4.78 is 0. The first-order valence-electron chi connectivity index (χ1n) is 5.24. The van der Waals surface area contributed by atoms with Crippen molar-refractivity contribution in [2.24, 2.45) is 5.11 Å². The minimum Gasteiger partial charge on any atom is -0.508 e. The smallest absolute Gasteiger partial charge is 0.251 e. The number of carbonyl (C=O) groups excluding carboxylic acids is 1. The average molecular weight is 234 g/mol.